The van der Waals surface area contributed by atoms with Crippen molar-refractivity contribution in [2.24, 2.45) is 0 Å². The monoisotopic (exact) mass is 301 g/mol. The highest BCUT2D eigenvalue weighted by Gasteiger charge is 2.09. The number of aromatic nitrogens is 4. The van der Waals surface area contributed by atoms with E-state index in [1.165, 1.54) is 11.3 Å². The van der Waals surface area contributed by atoms with Gasteiger partial charge in [0.15, 0.2) is 0 Å². The minimum Gasteiger partial charge on any atom is -0.369 e. The largest absolute Gasteiger partial charge is 0.369 e. The van der Waals surface area contributed by atoms with E-state index >= 15 is 0 Å². The molecular formula is C14H15N5OS. The van der Waals surface area contributed by atoms with Gasteiger partial charge >= 0.3 is 0 Å². The Labute approximate surface area is 125 Å². The normalized spacial score (nSPS) is 11.0. The molecule has 0 aliphatic rings. The Morgan fingerprint density at radius 3 is 2.86 bits per heavy atom. The molecule has 0 saturated heterocycles. The topological polar surface area (TPSA) is 72.7 Å². The number of hydrogen-bond donors (Lipinski definition) is 1. The van der Waals surface area contributed by atoms with Gasteiger partial charge in [-0.15, -0.1) is 11.3 Å². The lowest BCUT2D eigenvalue weighted by Gasteiger charge is -2.06. The van der Waals surface area contributed by atoms with Gasteiger partial charge < -0.3 is 5.32 Å². The second-order valence-corrected chi connectivity index (χ2v) is 5.58. The standard InChI is InChI=1S/C14H15N5OS/c1-3-15-11-5-16-10(4-17-11)6-19-8-18-12-9(2)7-21-13(12)14(19)20/h4-5,7-8H,3,6H2,1-2H3,(H,15,17). The van der Waals surface area contributed by atoms with Crippen molar-refractivity contribution >= 4 is 27.4 Å². The molecule has 3 rings (SSSR count). The third kappa shape index (κ3) is 2.64. The van der Waals surface area contributed by atoms with Gasteiger partial charge in [0.2, 0.25) is 0 Å². The molecule has 0 saturated carbocycles. The molecule has 0 atom stereocenters. The number of nitrogens with one attached hydrogen (secondary N) is 1. The number of anilines is 1. The number of thiophene rings is 1. The summed E-state index contributed by atoms with van der Waals surface area (Å²) in [4.78, 5) is 25.3. The van der Waals surface area contributed by atoms with Gasteiger partial charge in [-0.05, 0) is 24.8 Å². The fraction of sp³-hybridized carbons (Fsp3) is 0.286. The highest BCUT2D eigenvalue weighted by Crippen LogP contribution is 2.19. The van der Waals surface area contributed by atoms with Crippen LogP contribution >= 0.6 is 11.3 Å². The third-order valence-corrected chi connectivity index (χ3v) is 4.19. The molecule has 0 unspecified atom stereocenters. The lowest BCUT2D eigenvalue weighted by Crippen LogP contribution is -2.21. The molecule has 21 heavy (non-hydrogen) atoms. The van der Waals surface area contributed by atoms with Crippen molar-refractivity contribution in [3.63, 3.8) is 0 Å². The molecule has 3 heterocycles. The third-order valence-electron chi connectivity index (χ3n) is 3.12. The summed E-state index contributed by atoms with van der Waals surface area (Å²) in [7, 11) is 0. The van der Waals surface area contributed by atoms with E-state index in [-0.39, 0.29) is 5.56 Å². The maximum atomic E-state index is 12.4. The molecule has 0 aliphatic carbocycles. The van der Waals surface area contributed by atoms with Gasteiger partial charge in [0.05, 0.1) is 36.5 Å². The van der Waals surface area contributed by atoms with Gasteiger partial charge in [-0.1, -0.05) is 0 Å². The SMILES string of the molecule is CCNc1cnc(Cn2cnc3c(C)csc3c2=O)cn1. The van der Waals surface area contributed by atoms with Gasteiger partial charge in [0.25, 0.3) is 5.56 Å². The van der Waals surface area contributed by atoms with Crippen LogP contribution in [0.15, 0.2) is 28.9 Å². The van der Waals surface area contributed by atoms with Gasteiger partial charge in [0.1, 0.15) is 10.5 Å². The number of hydrogen-bond acceptors (Lipinski definition) is 6. The van der Waals surface area contributed by atoms with Gasteiger partial charge in [0, 0.05) is 6.54 Å². The van der Waals surface area contributed by atoms with Crippen molar-refractivity contribution in [1.29, 1.82) is 0 Å². The van der Waals surface area contributed by atoms with Crippen LogP contribution in [0, 0.1) is 6.92 Å². The summed E-state index contributed by atoms with van der Waals surface area (Å²) in [5.41, 5.74) is 2.52. The molecule has 0 spiro atoms. The Morgan fingerprint density at radius 1 is 1.29 bits per heavy atom. The van der Waals surface area contributed by atoms with Crippen LogP contribution in [0.1, 0.15) is 18.2 Å². The van der Waals surface area contributed by atoms with E-state index in [9.17, 15) is 4.79 Å². The van der Waals surface area contributed by atoms with Crippen LogP contribution in [0.25, 0.3) is 10.2 Å². The average molecular weight is 301 g/mol. The fourth-order valence-electron chi connectivity index (χ4n) is 2.06. The predicted molar refractivity (Wildman–Crippen MR) is 83.9 cm³/mol. The summed E-state index contributed by atoms with van der Waals surface area (Å²) in [5, 5.41) is 5.04. The molecule has 3 aromatic rings. The van der Waals surface area contributed by atoms with Crippen LogP contribution < -0.4 is 10.9 Å². The van der Waals surface area contributed by atoms with Crippen molar-refractivity contribution in [2.45, 2.75) is 20.4 Å². The summed E-state index contributed by atoms with van der Waals surface area (Å²) < 4.78 is 2.25. The summed E-state index contributed by atoms with van der Waals surface area (Å²) in [6.07, 6.45) is 4.92. The molecule has 0 bridgehead atoms. The Hall–Kier alpha value is -2.28. The molecule has 0 fully saturated rings. The second kappa shape index (κ2) is 5.61. The number of fused-ring (bicyclic) bond motifs is 1. The molecule has 3 aromatic heterocycles. The van der Waals surface area contributed by atoms with E-state index in [0.29, 0.717) is 11.2 Å². The smallest absolute Gasteiger partial charge is 0.271 e. The zero-order chi connectivity index (χ0) is 14.8. The van der Waals surface area contributed by atoms with E-state index in [2.05, 4.69) is 20.3 Å². The fourth-order valence-corrected chi connectivity index (χ4v) is 3.01. The Morgan fingerprint density at radius 2 is 2.14 bits per heavy atom. The Balaban J connectivity index is 1.91. The molecule has 108 valence electrons. The minimum absolute atomic E-state index is 0.0318. The summed E-state index contributed by atoms with van der Waals surface area (Å²) in [6.45, 7) is 5.13. The van der Waals surface area contributed by atoms with Crippen LogP contribution in [0.4, 0.5) is 5.82 Å². The Kier molecular flexibility index (Phi) is 3.66. The molecule has 0 aromatic carbocycles. The van der Waals surface area contributed by atoms with Crippen LogP contribution in [0.2, 0.25) is 0 Å². The maximum absolute atomic E-state index is 12.4. The molecule has 7 heteroatoms. The highest BCUT2D eigenvalue weighted by atomic mass is 32.1. The molecule has 0 aliphatic heterocycles. The number of nitrogens with zero attached hydrogens (tertiary/aromatic N) is 4. The molecular weight excluding hydrogens is 286 g/mol. The van der Waals surface area contributed by atoms with E-state index in [0.717, 1.165) is 29.1 Å². The summed E-state index contributed by atoms with van der Waals surface area (Å²) in [5.74, 6) is 0.732. The van der Waals surface area contributed by atoms with Crippen LogP contribution in [-0.2, 0) is 6.54 Å². The van der Waals surface area contributed by atoms with E-state index in [1.807, 2.05) is 19.2 Å². The van der Waals surface area contributed by atoms with E-state index < -0.39 is 0 Å². The number of rotatable bonds is 4. The Bertz CT molecular complexity index is 821. The van der Waals surface area contributed by atoms with Crippen LogP contribution in [-0.4, -0.2) is 26.1 Å². The van der Waals surface area contributed by atoms with Crippen molar-refractivity contribution in [1.82, 2.24) is 19.5 Å². The molecule has 6 nitrogen and oxygen atoms in total. The van der Waals surface area contributed by atoms with Crippen LogP contribution in [0.5, 0.6) is 0 Å². The average Bonchev–Trinajstić information content (AvgIpc) is 2.86. The van der Waals surface area contributed by atoms with Gasteiger partial charge in [-0.3, -0.25) is 14.3 Å². The first-order chi connectivity index (χ1) is 10.2. The minimum atomic E-state index is -0.0318. The zero-order valence-corrected chi connectivity index (χ0v) is 12.6. The summed E-state index contributed by atoms with van der Waals surface area (Å²) >= 11 is 1.43. The van der Waals surface area contributed by atoms with E-state index in [4.69, 9.17) is 0 Å². The van der Waals surface area contributed by atoms with Crippen molar-refractivity contribution in [3.05, 3.63) is 45.7 Å². The lowest BCUT2D eigenvalue weighted by molar-refractivity contribution is 0.727. The predicted octanol–water partition coefficient (Wildman–Crippen LogP) is 2.04. The molecule has 0 radical (unpaired) electrons. The highest BCUT2D eigenvalue weighted by molar-refractivity contribution is 7.17. The molecule has 0 amide bonds. The summed E-state index contributed by atoms with van der Waals surface area (Å²) in [6, 6.07) is 0. The van der Waals surface area contributed by atoms with Gasteiger partial charge in [-0.25, -0.2) is 9.97 Å². The molecule has 1 N–H and O–H groups in total. The van der Waals surface area contributed by atoms with Crippen LogP contribution in [0.3, 0.4) is 0 Å². The lowest BCUT2D eigenvalue weighted by atomic mass is 10.3. The van der Waals surface area contributed by atoms with Crippen molar-refractivity contribution < 1.29 is 0 Å². The number of aryl methyl sites for hydroxylation is 1. The van der Waals surface area contributed by atoms with E-state index in [1.54, 1.807) is 23.3 Å². The maximum Gasteiger partial charge on any atom is 0.271 e. The quantitative estimate of drug-likeness (QED) is 0.798. The first-order valence-corrected chi connectivity index (χ1v) is 7.55. The second-order valence-electron chi connectivity index (χ2n) is 4.70. The van der Waals surface area contributed by atoms with Gasteiger partial charge in [-0.2, -0.15) is 0 Å². The van der Waals surface area contributed by atoms with Crippen molar-refractivity contribution in [3.8, 4) is 0 Å². The first kappa shape index (κ1) is 13.7. The van der Waals surface area contributed by atoms with Crippen molar-refractivity contribution in [2.75, 3.05) is 11.9 Å². The first-order valence-electron chi connectivity index (χ1n) is 6.67. The zero-order valence-electron chi connectivity index (χ0n) is 11.8.